The molecule has 1 rings (SSSR count). The number of nitrogens with one attached hydrogen (secondary N) is 1. The van der Waals surface area contributed by atoms with Gasteiger partial charge in [-0.2, -0.15) is 0 Å². The highest BCUT2D eigenvalue weighted by molar-refractivity contribution is 7.11. The molecule has 0 aliphatic rings. The SMILES string of the molecule is CCCNCC(=Cc1sccc1C)C(C)C. The molecule has 0 radical (unpaired) electrons. The molecule has 0 aliphatic heterocycles. The van der Waals surface area contributed by atoms with Crippen LogP contribution in [-0.2, 0) is 0 Å². The van der Waals surface area contributed by atoms with Gasteiger partial charge in [0.25, 0.3) is 0 Å². The van der Waals surface area contributed by atoms with Crippen molar-refractivity contribution in [3.05, 3.63) is 27.5 Å². The first-order valence-corrected chi connectivity index (χ1v) is 6.98. The Balaban J connectivity index is 2.69. The highest BCUT2D eigenvalue weighted by Gasteiger charge is 2.04. The van der Waals surface area contributed by atoms with Gasteiger partial charge in [0.05, 0.1) is 0 Å². The van der Waals surface area contributed by atoms with Crippen LogP contribution in [0.1, 0.15) is 37.6 Å². The van der Waals surface area contributed by atoms with Crippen molar-refractivity contribution in [1.82, 2.24) is 5.32 Å². The van der Waals surface area contributed by atoms with E-state index in [2.05, 4.69) is 50.5 Å². The number of hydrogen-bond acceptors (Lipinski definition) is 2. The van der Waals surface area contributed by atoms with Gasteiger partial charge in [-0.1, -0.05) is 26.3 Å². The lowest BCUT2D eigenvalue weighted by Gasteiger charge is -2.12. The number of thiophene rings is 1. The van der Waals surface area contributed by atoms with Crippen LogP contribution in [0, 0.1) is 12.8 Å². The normalized spacial score (nSPS) is 12.4. The maximum absolute atomic E-state index is 3.48. The Morgan fingerprint density at radius 3 is 2.75 bits per heavy atom. The van der Waals surface area contributed by atoms with Gasteiger partial charge in [-0.05, 0) is 48.9 Å². The minimum atomic E-state index is 0.617. The summed E-state index contributed by atoms with van der Waals surface area (Å²) in [4.78, 5) is 1.40. The second-order valence-electron chi connectivity index (χ2n) is 4.52. The Morgan fingerprint density at radius 1 is 1.50 bits per heavy atom. The van der Waals surface area contributed by atoms with Crippen LogP contribution < -0.4 is 5.32 Å². The van der Waals surface area contributed by atoms with E-state index in [4.69, 9.17) is 0 Å². The van der Waals surface area contributed by atoms with Crippen molar-refractivity contribution in [1.29, 1.82) is 0 Å². The van der Waals surface area contributed by atoms with Crippen LogP contribution in [0.2, 0.25) is 0 Å². The van der Waals surface area contributed by atoms with E-state index in [1.54, 1.807) is 0 Å². The molecule has 1 aromatic rings. The van der Waals surface area contributed by atoms with Crippen molar-refractivity contribution < 1.29 is 0 Å². The van der Waals surface area contributed by atoms with Crippen molar-refractivity contribution in [3.8, 4) is 0 Å². The first-order valence-electron chi connectivity index (χ1n) is 6.10. The topological polar surface area (TPSA) is 12.0 Å². The highest BCUT2D eigenvalue weighted by Crippen LogP contribution is 2.21. The molecule has 0 saturated carbocycles. The van der Waals surface area contributed by atoms with Crippen molar-refractivity contribution in [2.45, 2.75) is 34.1 Å². The van der Waals surface area contributed by atoms with Crippen LogP contribution in [0.5, 0.6) is 0 Å². The van der Waals surface area contributed by atoms with Crippen LogP contribution in [-0.4, -0.2) is 13.1 Å². The average molecular weight is 237 g/mol. The third-order valence-electron chi connectivity index (χ3n) is 2.72. The van der Waals surface area contributed by atoms with E-state index < -0.39 is 0 Å². The number of aryl methyl sites for hydroxylation is 1. The van der Waals surface area contributed by atoms with Crippen LogP contribution in [0.25, 0.3) is 6.08 Å². The summed E-state index contributed by atoms with van der Waals surface area (Å²) in [5, 5.41) is 5.65. The highest BCUT2D eigenvalue weighted by atomic mass is 32.1. The Morgan fingerprint density at radius 2 is 2.25 bits per heavy atom. The van der Waals surface area contributed by atoms with Gasteiger partial charge >= 0.3 is 0 Å². The van der Waals surface area contributed by atoms with E-state index in [1.165, 1.54) is 22.4 Å². The molecule has 0 amide bonds. The molecule has 0 atom stereocenters. The van der Waals surface area contributed by atoms with E-state index in [9.17, 15) is 0 Å². The van der Waals surface area contributed by atoms with Gasteiger partial charge in [0, 0.05) is 11.4 Å². The van der Waals surface area contributed by atoms with Gasteiger partial charge in [-0.3, -0.25) is 0 Å². The first-order chi connectivity index (χ1) is 7.65. The minimum Gasteiger partial charge on any atom is -0.313 e. The maximum Gasteiger partial charge on any atom is 0.0299 e. The molecule has 0 unspecified atom stereocenters. The van der Waals surface area contributed by atoms with Crippen molar-refractivity contribution in [2.75, 3.05) is 13.1 Å². The van der Waals surface area contributed by atoms with Gasteiger partial charge in [0.2, 0.25) is 0 Å². The monoisotopic (exact) mass is 237 g/mol. The quantitative estimate of drug-likeness (QED) is 0.735. The fourth-order valence-electron chi connectivity index (χ4n) is 1.53. The molecule has 90 valence electrons. The van der Waals surface area contributed by atoms with E-state index in [-0.39, 0.29) is 0 Å². The molecule has 1 heterocycles. The Bertz CT molecular complexity index is 336. The fraction of sp³-hybridized carbons (Fsp3) is 0.571. The zero-order chi connectivity index (χ0) is 12.0. The summed E-state index contributed by atoms with van der Waals surface area (Å²) in [6.45, 7) is 11.0. The smallest absolute Gasteiger partial charge is 0.0299 e. The molecular formula is C14H23NS. The summed E-state index contributed by atoms with van der Waals surface area (Å²) in [6.07, 6.45) is 3.55. The molecule has 0 spiro atoms. The molecular weight excluding hydrogens is 214 g/mol. The summed E-state index contributed by atoms with van der Waals surface area (Å²) < 4.78 is 0. The fourth-order valence-corrected chi connectivity index (χ4v) is 2.42. The number of hydrogen-bond donors (Lipinski definition) is 1. The van der Waals surface area contributed by atoms with Crippen LogP contribution in [0.4, 0.5) is 0 Å². The molecule has 16 heavy (non-hydrogen) atoms. The van der Waals surface area contributed by atoms with Gasteiger partial charge in [0.1, 0.15) is 0 Å². The summed E-state index contributed by atoms with van der Waals surface area (Å²) in [6, 6.07) is 2.19. The van der Waals surface area contributed by atoms with Crippen molar-refractivity contribution in [3.63, 3.8) is 0 Å². The standard InChI is InChI=1S/C14H23NS/c1-5-7-15-10-13(11(2)3)9-14-12(4)6-8-16-14/h6,8-9,11,15H,5,7,10H2,1-4H3. The molecule has 1 aromatic heterocycles. The maximum atomic E-state index is 3.48. The van der Waals surface area contributed by atoms with Crippen molar-refractivity contribution in [2.24, 2.45) is 5.92 Å². The van der Waals surface area contributed by atoms with Gasteiger partial charge in [-0.15, -0.1) is 11.3 Å². The van der Waals surface area contributed by atoms with Gasteiger partial charge in [0.15, 0.2) is 0 Å². The van der Waals surface area contributed by atoms with Crippen LogP contribution in [0.15, 0.2) is 17.0 Å². The van der Waals surface area contributed by atoms with E-state index >= 15 is 0 Å². The lowest BCUT2D eigenvalue weighted by atomic mass is 10.0. The summed E-state index contributed by atoms with van der Waals surface area (Å²) in [7, 11) is 0. The summed E-state index contributed by atoms with van der Waals surface area (Å²) in [5.74, 6) is 0.617. The van der Waals surface area contributed by atoms with Gasteiger partial charge in [-0.25, -0.2) is 0 Å². The lowest BCUT2D eigenvalue weighted by Crippen LogP contribution is -2.19. The molecule has 0 bridgehead atoms. The molecule has 0 saturated heterocycles. The van der Waals surface area contributed by atoms with E-state index in [0.29, 0.717) is 5.92 Å². The molecule has 1 N–H and O–H groups in total. The molecule has 0 aromatic carbocycles. The number of rotatable bonds is 6. The summed E-state index contributed by atoms with van der Waals surface area (Å²) in [5.41, 5.74) is 2.89. The second-order valence-corrected chi connectivity index (χ2v) is 5.47. The zero-order valence-corrected chi connectivity index (χ0v) is 11.7. The molecule has 1 nitrogen and oxygen atoms in total. The van der Waals surface area contributed by atoms with E-state index in [1.807, 2.05) is 11.3 Å². The van der Waals surface area contributed by atoms with Gasteiger partial charge < -0.3 is 5.32 Å². The second kappa shape index (κ2) is 6.87. The zero-order valence-electron chi connectivity index (χ0n) is 10.8. The predicted molar refractivity (Wildman–Crippen MR) is 75.0 cm³/mol. The average Bonchev–Trinajstić information content (AvgIpc) is 2.63. The Kier molecular flexibility index (Phi) is 5.78. The molecule has 0 fully saturated rings. The first kappa shape index (κ1) is 13.5. The Hall–Kier alpha value is -0.600. The summed E-state index contributed by atoms with van der Waals surface area (Å²) >= 11 is 1.83. The van der Waals surface area contributed by atoms with Crippen LogP contribution >= 0.6 is 11.3 Å². The molecule has 0 aliphatic carbocycles. The van der Waals surface area contributed by atoms with Crippen LogP contribution in [0.3, 0.4) is 0 Å². The predicted octanol–water partition coefficient (Wildman–Crippen LogP) is 4.10. The minimum absolute atomic E-state index is 0.617. The van der Waals surface area contributed by atoms with E-state index in [0.717, 1.165) is 13.1 Å². The molecule has 2 heteroatoms. The third-order valence-corrected chi connectivity index (χ3v) is 3.68. The largest absolute Gasteiger partial charge is 0.313 e. The third kappa shape index (κ3) is 4.11. The lowest BCUT2D eigenvalue weighted by molar-refractivity contribution is 0.657. The van der Waals surface area contributed by atoms with Crippen molar-refractivity contribution >= 4 is 17.4 Å². The Labute approximate surface area is 104 Å².